The number of piperidine rings is 1. The third kappa shape index (κ3) is 7.47. The fourth-order valence-corrected chi connectivity index (χ4v) is 6.37. The zero-order valence-corrected chi connectivity index (χ0v) is 29.7. The van der Waals surface area contributed by atoms with Gasteiger partial charge in [0.1, 0.15) is 5.76 Å². The van der Waals surface area contributed by atoms with Crippen molar-refractivity contribution >= 4 is 63.4 Å². The van der Waals surface area contributed by atoms with E-state index >= 15 is 0 Å². The van der Waals surface area contributed by atoms with Crippen LogP contribution in [0.3, 0.4) is 0 Å². The second kappa shape index (κ2) is 13.1. The molecular formula is C34H39Cl2F3N6O4. The Balaban J connectivity index is 1.50. The Bertz CT molecular complexity index is 1910. The van der Waals surface area contributed by atoms with E-state index in [1.165, 1.54) is 6.07 Å². The number of benzene rings is 2. The molecule has 1 fully saturated rings. The summed E-state index contributed by atoms with van der Waals surface area (Å²) in [7, 11) is 1.71. The number of aromatic carboxylic acids is 1. The molecule has 1 saturated heterocycles. The van der Waals surface area contributed by atoms with Gasteiger partial charge in [0.25, 0.3) is 0 Å². The van der Waals surface area contributed by atoms with Crippen molar-refractivity contribution in [3.8, 4) is 0 Å². The second-order valence-corrected chi connectivity index (χ2v) is 15.2. The zero-order chi connectivity index (χ0) is 36.2. The molecular weight excluding hydrogens is 684 g/mol. The quantitative estimate of drug-likeness (QED) is 0.174. The number of hydrogen-bond donors (Lipinski definition) is 3. The number of hydrogen-bond acceptors (Lipinski definition) is 7. The number of fused-ring (bicyclic) bond motifs is 1. The van der Waals surface area contributed by atoms with Gasteiger partial charge in [-0.2, -0.15) is 13.2 Å². The van der Waals surface area contributed by atoms with E-state index in [4.69, 9.17) is 27.7 Å². The van der Waals surface area contributed by atoms with Gasteiger partial charge in [0, 0.05) is 49.5 Å². The van der Waals surface area contributed by atoms with Crippen LogP contribution in [-0.4, -0.2) is 51.0 Å². The van der Waals surface area contributed by atoms with Crippen molar-refractivity contribution in [2.24, 2.45) is 18.4 Å². The summed E-state index contributed by atoms with van der Waals surface area (Å²) in [6.45, 7) is 11.1. The van der Waals surface area contributed by atoms with Gasteiger partial charge >= 0.3 is 12.1 Å². The molecule has 2 unspecified atom stereocenters. The predicted octanol–water partition coefficient (Wildman–Crippen LogP) is 8.44. The SMILES string of the molecule is Cn1c(Nc2c(Cl)ccc(CNC(=O)C(C)(C)C)c2Cl)nc2cc(C(=O)O)c(N3CCC(C(F)(F)F)C(c4cc(C(C)(C)C)no4)C3)cc21. The van der Waals surface area contributed by atoms with Crippen LogP contribution >= 0.6 is 23.2 Å². The molecule has 0 aliphatic carbocycles. The maximum atomic E-state index is 14.3. The molecule has 0 spiro atoms. The van der Waals surface area contributed by atoms with Crippen molar-refractivity contribution in [3.05, 3.63) is 63.0 Å². The average molecular weight is 724 g/mol. The second-order valence-electron chi connectivity index (χ2n) is 14.5. The lowest BCUT2D eigenvalue weighted by Gasteiger charge is -2.39. The number of carboxylic acids is 1. The Morgan fingerprint density at radius 3 is 2.37 bits per heavy atom. The molecule has 0 bridgehead atoms. The first-order valence-electron chi connectivity index (χ1n) is 15.7. The lowest BCUT2D eigenvalue weighted by atomic mass is 9.82. The van der Waals surface area contributed by atoms with Crippen molar-refractivity contribution < 1.29 is 32.4 Å². The van der Waals surface area contributed by atoms with Gasteiger partial charge in [0.15, 0.2) is 0 Å². The summed E-state index contributed by atoms with van der Waals surface area (Å²) in [5.74, 6) is -3.82. The van der Waals surface area contributed by atoms with Crippen molar-refractivity contribution in [1.82, 2.24) is 20.0 Å². The number of carbonyl (C=O) groups is 2. The van der Waals surface area contributed by atoms with Crippen LogP contribution < -0.4 is 15.5 Å². The van der Waals surface area contributed by atoms with Crippen molar-refractivity contribution in [2.75, 3.05) is 23.3 Å². The molecule has 1 amide bonds. The molecule has 0 radical (unpaired) electrons. The number of amides is 1. The largest absolute Gasteiger partial charge is 0.478 e. The van der Waals surface area contributed by atoms with Gasteiger partial charge in [0.05, 0.1) is 49.6 Å². The number of nitrogens with one attached hydrogen (secondary N) is 2. The van der Waals surface area contributed by atoms with Crippen LogP contribution in [0.1, 0.15) is 81.3 Å². The number of anilines is 3. The Labute approximate surface area is 291 Å². The normalized spacial score (nSPS) is 17.4. The summed E-state index contributed by atoms with van der Waals surface area (Å²) in [6.07, 6.45) is -4.76. The Morgan fingerprint density at radius 1 is 1.08 bits per heavy atom. The lowest BCUT2D eigenvalue weighted by molar-refractivity contribution is -0.185. The topological polar surface area (TPSA) is 126 Å². The van der Waals surface area contributed by atoms with Crippen LogP contribution in [0.4, 0.5) is 30.5 Å². The van der Waals surface area contributed by atoms with E-state index in [0.29, 0.717) is 28.0 Å². The predicted molar refractivity (Wildman–Crippen MR) is 183 cm³/mol. The maximum absolute atomic E-state index is 14.3. The number of nitrogens with zero attached hydrogens (tertiary/aromatic N) is 4. The Morgan fingerprint density at radius 2 is 1.78 bits per heavy atom. The molecule has 1 aliphatic rings. The van der Waals surface area contributed by atoms with E-state index < -0.39 is 34.8 Å². The minimum Gasteiger partial charge on any atom is -0.478 e. The first kappa shape index (κ1) is 36.3. The zero-order valence-electron chi connectivity index (χ0n) is 28.2. The minimum absolute atomic E-state index is 0.0283. The number of aryl methyl sites for hydroxylation is 1. The first-order valence-corrected chi connectivity index (χ1v) is 16.5. The highest BCUT2D eigenvalue weighted by atomic mass is 35.5. The number of aromatic nitrogens is 3. The molecule has 2 atom stereocenters. The van der Waals surface area contributed by atoms with E-state index in [1.807, 2.05) is 20.8 Å². The minimum atomic E-state index is -4.49. The van der Waals surface area contributed by atoms with Gasteiger partial charge in [-0.05, 0) is 30.2 Å². The third-order valence-electron chi connectivity index (χ3n) is 8.79. The number of halogens is 5. The molecule has 2 aromatic heterocycles. The molecule has 2 aromatic carbocycles. The van der Waals surface area contributed by atoms with Crippen LogP contribution in [0.15, 0.2) is 34.9 Å². The van der Waals surface area contributed by atoms with Gasteiger partial charge in [-0.25, -0.2) is 9.78 Å². The van der Waals surface area contributed by atoms with Crippen molar-refractivity contribution in [2.45, 2.75) is 72.0 Å². The van der Waals surface area contributed by atoms with E-state index in [0.717, 1.165) is 0 Å². The molecule has 0 saturated carbocycles. The van der Waals surface area contributed by atoms with Crippen molar-refractivity contribution in [1.29, 1.82) is 0 Å². The molecule has 3 N–H and O–H groups in total. The average Bonchev–Trinajstić information content (AvgIpc) is 3.62. The molecule has 4 aromatic rings. The van der Waals surface area contributed by atoms with Crippen LogP contribution in [0.2, 0.25) is 10.0 Å². The van der Waals surface area contributed by atoms with Crippen molar-refractivity contribution in [3.63, 3.8) is 0 Å². The molecule has 15 heteroatoms. The monoisotopic (exact) mass is 722 g/mol. The molecule has 10 nitrogen and oxygen atoms in total. The maximum Gasteiger partial charge on any atom is 0.392 e. The number of imidazole rings is 1. The summed E-state index contributed by atoms with van der Waals surface area (Å²) in [4.78, 5) is 31.2. The Kier molecular flexibility index (Phi) is 9.67. The fourth-order valence-electron chi connectivity index (χ4n) is 5.84. The van der Waals surface area contributed by atoms with E-state index in [9.17, 15) is 27.9 Å². The van der Waals surface area contributed by atoms with Gasteiger partial charge in [-0.15, -0.1) is 0 Å². The highest BCUT2D eigenvalue weighted by Crippen LogP contribution is 2.45. The van der Waals surface area contributed by atoms with Crippen LogP contribution in [0, 0.1) is 11.3 Å². The number of carboxylic acid groups (broad SMARTS) is 1. The summed E-state index contributed by atoms with van der Waals surface area (Å²) < 4.78 is 50.0. The summed E-state index contributed by atoms with van der Waals surface area (Å²) in [6, 6.07) is 7.92. The van der Waals surface area contributed by atoms with Gasteiger partial charge < -0.3 is 29.7 Å². The summed E-state index contributed by atoms with van der Waals surface area (Å²) in [5, 5.41) is 20.8. The van der Waals surface area contributed by atoms with Crippen LogP contribution in [0.5, 0.6) is 0 Å². The van der Waals surface area contributed by atoms with E-state index in [1.54, 1.807) is 61.6 Å². The van der Waals surface area contributed by atoms with E-state index in [2.05, 4.69) is 20.8 Å². The molecule has 1 aliphatic heterocycles. The highest BCUT2D eigenvalue weighted by Gasteiger charge is 2.49. The molecule has 49 heavy (non-hydrogen) atoms. The van der Waals surface area contributed by atoms with Gasteiger partial charge in [-0.1, -0.05) is 76.0 Å². The summed E-state index contributed by atoms with van der Waals surface area (Å²) in [5.41, 5.74) is 1.44. The highest BCUT2D eigenvalue weighted by molar-refractivity contribution is 6.39. The first-order chi connectivity index (χ1) is 22.7. The van der Waals surface area contributed by atoms with Gasteiger partial charge in [-0.3, -0.25) is 4.79 Å². The smallest absolute Gasteiger partial charge is 0.392 e. The standard InChI is InChI=1S/C34H39Cl2F3N6O4/c1-32(2,3)26-14-25(49-43-26)19-16-45(11-10-20(19)34(37,38)39)23-13-24-22(12-18(23)29(46)47)41-31(44(24)7)42-28-21(35)9-8-17(27(28)36)15-40-30(48)33(4,5)6/h8-9,12-14,19-20H,10-11,15-16H2,1-7H3,(H,40,48)(H,41,42)(H,46,47). The van der Waals surface area contributed by atoms with Gasteiger partial charge in [0.2, 0.25) is 11.9 Å². The molecule has 5 rings (SSSR count). The number of alkyl halides is 3. The fraction of sp³-hybridized carbons (Fsp3) is 0.471. The van der Waals surface area contributed by atoms with Crippen LogP contribution in [-0.2, 0) is 23.8 Å². The lowest BCUT2D eigenvalue weighted by Crippen LogP contribution is -2.45. The molecule has 3 heterocycles. The molecule has 264 valence electrons. The van der Waals surface area contributed by atoms with E-state index in [-0.39, 0.29) is 65.0 Å². The number of carbonyl (C=O) groups excluding carboxylic acids is 1. The number of rotatable bonds is 7. The third-order valence-corrected chi connectivity index (χ3v) is 9.54. The summed E-state index contributed by atoms with van der Waals surface area (Å²) >= 11 is 13.2. The van der Waals surface area contributed by atoms with Crippen LogP contribution in [0.25, 0.3) is 11.0 Å². The Hall–Kier alpha value is -3.97.